The number of nitrogens with zero attached hydrogens (tertiary/aromatic N) is 6. The van der Waals surface area contributed by atoms with Gasteiger partial charge in [-0.3, -0.25) is 9.59 Å². The Kier molecular flexibility index (Phi) is 7.98. The van der Waals surface area contributed by atoms with Gasteiger partial charge in [0.15, 0.2) is 5.82 Å². The number of carboxylic acid groups (broad SMARTS) is 1. The third kappa shape index (κ3) is 5.56. The molecule has 13 heteroatoms. The van der Waals surface area contributed by atoms with Crippen LogP contribution in [0.5, 0.6) is 0 Å². The monoisotopic (exact) mass is 589 g/mol. The molecule has 0 bridgehead atoms. The summed E-state index contributed by atoms with van der Waals surface area (Å²) in [5, 5.41) is 22.8. The number of aromatic carboxylic acids is 1. The number of benzene rings is 3. The number of fused-ring (bicyclic) bond motifs is 1. The molecule has 0 aliphatic carbocycles. The van der Waals surface area contributed by atoms with Gasteiger partial charge in [0.25, 0.3) is 5.91 Å². The Morgan fingerprint density at radius 3 is 2.55 bits per heavy atom. The summed E-state index contributed by atoms with van der Waals surface area (Å²) < 4.78 is 16.3. The summed E-state index contributed by atoms with van der Waals surface area (Å²) in [7, 11) is 3.80. The second kappa shape index (κ2) is 11.8. The second-order valence-electron chi connectivity index (χ2n) is 9.68. The van der Waals surface area contributed by atoms with Crippen molar-refractivity contribution in [2.75, 3.05) is 30.9 Å². The zero-order valence-corrected chi connectivity index (χ0v) is 23.3. The first-order chi connectivity index (χ1) is 20.2. The minimum absolute atomic E-state index is 0.00465. The summed E-state index contributed by atoms with van der Waals surface area (Å²) in [5.41, 5.74) is 3.21. The lowest BCUT2D eigenvalue weighted by Crippen LogP contribution is -2.45. The van der Waals surface area contributed by atoms with Crippen LogP contribution in [-0.4, -0.2) is 68.6 Å². The van der Waals surface area contributed by atoms with Crippen molar-refractivity contribution in [2.24, 2.45) is 0 Å². The van der Waals surface area contributed by atoms with Gasteiger partial charge in [-0.15, -0.1) is 5.10 Å². The van der Waals surface area contributed by atoms with Gasteiger partial charge < -0.3 is 20.2 Å². The van der Waals surface area contributed by atoms with E-state index in [2.05, 4.69) is 20.8 Å². The number of carbonyl (C=O) groups excluding carboxylic acids is 2. The molecule has 0 saturated carbocycles. The first-order valence-electron chi connectivity index (χ1n) is 12.8. The fraction of sp³-hybridized carbons (Fsp3) is 0.172. The van der Waals surface area contributed by atoms with E-state index in [0.717, 1.165) is 11.3 Å². The van der Waals surface area contributed by atoms with Crippen LogP contribution in [0.4, 0.5) is 15.8 Å². The molecule has 1 unspecified atom stereocenters. The number of aromatic nitrogens is 4. The molecule has 1 aliphatic rings. The van der Waals surface area contributed by atoms with E-state index in [9.17, 15) is 19.5 Å². The lowest BCUT2D eigenvalue weighted by molar-refractivity contribution is -0.135. The maximum atomic E-state index is 15.1. The molecule has 1 aliphatic heterocycles. The summed E-state index contributed by atoms with van der Waals surface area (Å²) in [6.07, 6.45) is 4.24. The van der Waals surface area contributed by atoms with E-state index >= 15 is 4.39 Å². The molecule has 214 valence electrons. The summed E-state index contributed by atoms with van der Waals surface area (Å²) in [5.74, 6) is -2.86. The highest BCUT2D eigenvalue weighted by atomic mass is 35.5. The predicted octanol–water partition coefficient (Wildman–Crippen LogP) is 4.00. The van der Waals surface area contributed by atoms with Gasteiger partial charge in [0, 0.05) is 43.7 Å². The first kappa shape index (κ1) is 28.4. The number of amides is 2. The number of anilines is 2. The number of hydrogen-bond donors (Lipinski definition) is 2. The number of hydrogen-bond acceptors (Lipinski definition) is 7. The van der Waals surface area contributed by atoms with Gasteiger partial charge in [-0.1, -0.05) is 23.7 Å². The number of carboxylic acids is 1. The molecule has 42 heavy (non-hydrogen) atoms. The largest absolute Gasteiger partial charge is 0.478 e. The molecule has 1 aromatic heterocycles. The molecule has 11 nitrogen and oxygen atoms in total. The van der Waals surface area contributed by atoms with Crippen LogP contribution in [0.3, 0.4) is 0 Å². The van der Waals surface area contributed by atoms with Crippen molar-refractivity contribution < 1.29 is 23.9 Å². The Labute approximate surface area is 244 Å². The smallest absolute Gasteiger partial charge is 0.335 e. The standard InChI is InChI=1S/C29H25ClFN7O4/c1-36(2)23-5-3-4-20-19(23)14-15-37(27(20)28(40)33-18-8-6-17(7-9-18)29(41)42)25(39)13-10-21-24(38-16-32-34-35-38)12-11-22(30)26(21)31/h3-13,16,27H,14-15H2,1-2H3,(H,33,40)(H,41,42). The SMILES string of the molecule is CN(C)c1cccc2c1CCN(C(=O)C=Cc1c(-n3cnnn3)ccc(Cl)c1F)C2C(=O)Nc1ccc(C(=O)O)cc1. The van der Waals surface area contributed by atoms with E-state index in [1.165, 1.54) is 64.5 Å². The van der Waals surface area contributed by atoms with Crippen molar-refractivity contribution in [1.29, 1.82) is 0 Å². The Balaban J connectivity index is 1.51. The number of halogens is 2. The number of carbonyl (C=O) groups is 3. The molecule has 0 saturated heterocycles. The van der Waals surface area contributed by atoms with E-state index in [1.807, 2.05) is 31.1 Å². The molecule has 2 heterocycles. The first-order valence-corrected chi connectivity index (χ1v) is 13.2. The van der Waals surface area contributed by atoms with E-state index in [0.29, 0.717) is 17.7 Å². The Bertz CT molecular complexity index is 1690. The molecule has 2 N–H and O–H groups in total. The summed E-state index contributed by atoms with van der Waals surface area (Å²) in [4.78, 5) is 42.0. The predicted molar refractivity (Wildman–Crippen MR) is 154 cm³/mol. The van der Waals surface area contributed by atoms with Gasteiger partial charge in [-0.2, -0.15) is 4.68 Å². The van der Waals surface area contributed by atoms with E-state index in [4.69, 9.17) is 11.6 Å². The van der Waals surface area contributed by atoms with E-state index in [1.54, 1.807) is 6.07 Å². The van der Waals surface area contributed by atoms with Crippen LogP contribution < -0.4 is 10.2 Å². The average molecular weight is 590 g/mol. The maximum absolute atomic E-state index is 15.1. The summed E-state index contributed by atoms with van der Waals surface area (Å²) in [6.45, 7) is 0.217. The average Bonchev–Trinajstić information content (AvgIpc) is 3.51. The quantitative estimate of drug-likeness (QED) is 0.309. The highest BCUT2D eigenvalue weighted by molar-refractivity contribution is 6.31. The summed E-state index contributed by atoms with van der Waals surface area (Å²) >= 11 is 6.02. The molecule has 0 spiro atoms. The zero-order valence-electron chi connectivity index (χ0n) is 22.5. The zero-order chi connectivity index (χ0) is 30.0. The van der Waals surface area contributed by atoms with E-state index in [-0.39, 0.29) is 28.4 Å². The van der Waals surface area contributed by atoms with Gasteiger partial charge >= 0.3 is 5.97 Å². The molecular weight excluding hydrogens is 565 g/mol. The molecule has 1 atom stereocenters. The van der Waals surface area contributed by atoms with Crippen LogP contribution in [0.25, 0.3) is 11.8 Å². The Hall–Kier alpha value is -5.10. The van der Waals surface area contributed by atoms with Crippen LogP contribution in [0.1, 0.15) is 33.1 Å². The lowest BCUT2D eigenvalue weighted by atomic mass is 9.90. The Morgan fingerprint density at radius 2 is 1.88 bits per heavy atom. The molecule has 0 radical (unpaired) electrons. The number of nitrogens with one attached hydrogen (secondary N) is 1. The molecule has 0 fully saturated rings. The van der Waals surface area contributed by atoms with Crippen LogP contribution >= 0.6 is 11.6 Å². The van der Waals surface area contributed by atoms with Crippen molar-refractivity contribution in [1.82, 2.24) is 25.1 Å². The van der Waals surface area contributed by atoms with Crippen molar-refractivity contribution in [3.8, 4) is 5.69 Å². The van der Waals surface area contributed by atoms with Crippen molar-refractivity contribution in [2.45, 2.75) is 12.5 Å². The van der Waals surface area contributed by atoms with E-state index < -0.39 is 29.6 Å². The highest BCUT2D eigenvalue weighted by Gasteiger charge is 2.36. The minimum atomic E-state index is -1.09. The molecular formula is C29H25ClFN7O4. The van der Waals surface area contributed by atoms with Crippen LogP contribution in [0.2, 0.25) is 5.02 Å². The topological polar surface area (TPSA) is 134 Å². The molecule has 5 rings (SSSR count). The van der Waals surface area contributed by atoms with Gasteiger partial charge in [-0.25, -0.2) is 9.18 Å². The molecule has 3 aromatic carbocycles. The van der Waals surface area contributed by atoms with Gasteiger partial charge in [0.2, 0.25) is 5.91 Å². The number of tetrazole rings is 1. The molecule has 2 amide bonds. The number of rotatable bonds is 7. The van der Waals surface area contributed by atoms with Crippen LogP contribution in [0.15, 0.2) is 67.0 Å². The fourth-order valence-electron chi connectivity index (χ4n) is 4.93. The highest BCUT2D eigenvalue weighted by Crippen LogP contribution is 2.36. The minimum Gasteiger partial charge on any atom is -0.478 e. The van der Waals surface area contributed by atoms with Crippen molar-refractivity contribution in [3.05, 3.63) is 100 Å². The Morgan fingerprint density at radius 1 is 1.12 bits per heavy atom. The van der Waals surface area contributed by atoms with Gasteiger partial charge in [0.05, 0.1) is 16.3 Å². The van der Waals surface area contributed by atoms with Crippen molar-refractivity contribution >= 4 is 46.8 Å². The third-order valence-corrected chi connectivity index (χ3v) is 7.20. The maximum Gasteiger partial charge on any atom is 0.335 e. The van der Waals surface area contributed by atoms with Crippen LogP contribution in [0, 0.1) is 5.82 Å². The second-order valence-corrected chi connectivity index (χ2v) is 10.1. The third-order valence-electron chi connectivity index (χ3n) is 6.91. The van der Waals surface area contributed by atoms with Crippen molar-refractivity contribution in [3.63, 3.8) is 0 Å². The summed E-state index contributed by atoms with van der Waals surface area (Å²) in [6, 6.07) is 13.2. The lowest BCUT2D eigenvalue weighted by Gasteiger charge is -2.37. The fourth-order valence-corrected chi connectivity index (χ4v) is 5.10. The normalized spacial score (nSPS) is 14.5. The van der Waals surface area contributed by atoms with Gasteiger partial charge in [0.1, 0.15) is 12.4 Å². The molecule has 4 aromatic rings. The van der Waals surface area contributed by atoms with Gasteiger partial charge in [-0.05, 0) is 76.5 Å². The van der Waals surface area contributed by atoms with Crippen LogP contribution in [-0.2, 0) is 16.0 Å².